The zero-order valence-electron chi connectivity index (χ0n) is 5.92. The van der Waals surface area contributed by atoms with Crippen LogP contribution in [0.4, 0.5) is 5.69 Å². The fourth-order valence-corrected chi connectivity index (χ4v) is 1.20. The number of nitrogens with zero attached hydrogens (tertiary/aromatic N) is 2. The van der Waals surface area contributed by atoms with E-state index in [1.807, 2.05) is 6.07 Å². The van der Waals surface area contributed by atoms with Crippen molar-refractivity contribution in [1.29, 1.82) is 0 Å². The van der Waals surface area contributed by atoms with Crippen molar-refractivity contribution >= 4 is 34.4 Å². The first-order valence-electron chi connectivity index (χ1n) is 3.03. The highest BCUT2D eigenvalue weighted by Gasteiger charge is 2.01. The molecular weight excluding hydrogens is 204 g/mol. The summed E-state index contributed by atoms with van der Waals surface area (Å²) in [6.07, 6.45) is 3.34. The van der Waals surface area contributed by atoms with Gasteiger partial charge in [-0.1, -0.05) is 6.58 Å². The largest absolute Gasteiger partial charge is 0.261 e. The van der Waals surface area contributed by atoms with Crippen molar-refractivity contribution in [1.82, 2.24) is 4.98 Å². The highest BCUT2D eigenvalue weighted by Crippen LogP contribution is 2.27. The summed E-state index contributed by atoms with van der Waals surface area (Å²) in [6.45, 7) is 7.04. The summed E-state index contributed by atoms with van der Waals surface area (Å²) in [5.74, 6) is 0. The Bertz CT molecular complexity index is 294. The molecule has 1 aromatic heterocycles. The van der Waals surface area contributed by atoms with Gasteiger partial charge in [0.2, 0.25) is 0 Å². The number of aliphatic imine (C=N–C) groups is 1. The van der Waals surface area contributed by atoms with Gasteiger partial charge in [-0.3, -0.25) is 9.98 Å². The van der Waals surface area contributed by atoms with Crippen LogP contribution < -0.4 is 0 Å². The van der Waals surface area contributed by atoms with E-state index < -0.39 is 0 Å². The predicted octanol–water partition coefficient (Wildman–Crippen LogP) is 2.82. The van der Waals surface area contributed by atoms with Crippen LogP contribution >= 0.6 is 15.9 Å². The van der Waals surface area contributed by atoms with Gasteiger partial charge in [0.1, 0.15) is 5.69 Å². The number of hydrogen-bond acceptors (Lipinski definition) is 2. The van der Waals surface area contributed by atoms with E-state index in [1.54, 1.807) is 12.3 Å². The molecule has 0 aliphatic heterocycles. The summed E-state index contributed by atoms with van der Waals surface area (Å²) in [5.41, 5.74) is 1.48. The number of hydrogen-bond donors (Lipinski definition) is 0. The molecule has 0 bridgehead atoms. The Morgan fingerprint density at radius 2 is 2.36 bits per heavy atom. The highest BCUT2D eigenvalue weighted by atomic mass is 79.9. The number of aromatic nitrogens is 1. The first-order chi connectivity index (χ1) is 5.29. The SMILES string of the molecule is C=Cc1nccc(Br)c1N=C. The molecule has 0 radical (unpaired) electrons. The van der Waals surface area contributed by atoms with Gasteiger partial charge >= 0.3 is 0 Å². The van der Waals surface area contributed by atoms with Gasteiger partial charge in [-0.2, -0.15) is 0 Å². The monoisotopic (exact) mass is 210 g/mol. The summed E-state index contributed by atoms with van der Waals surface area (Å²) in [5, 5.41) is 0. The Balaban J connectivity index is 3.35. The third kappa shape index (κ3) is 1.54. The third-order valence-electron chi connectivity index (χ3n) is 1.25. The molecule has 0 aliphatic carbocycles. The molecule has 0 saturated heterocycles. The van der Waals surface area contributed by atoms with Crippen LogP contribution in [0.1, 0.15) is 5.69 Å². The minimum atomic E-state index is 0.738. The van der Waals surface area contributed by atoms with E-state index in [1.165, 1.54) is 0 Å². The molecule has 0 amide bonds. The Morgan fingerprint density at radius 3 is 2.82 bits per heavy atom. The minimum Gasteiger partial charge on any atom is -0.261 e. The maximum absolute atomic E-state index is 4.05. The van der Waals surface area contributed by atoms with Crippen molar-refractivity contribution in [2.75, 3.05) is 0 Å². The van der Waals surface area contributed by atoms with Crippen LogP contribution in [0.15, 0.2) is 28.3 Å². The molecule has 0 unspecified atom stereocenters. The van der Waals surface area contributed by atoms with Gasteiger partial charge in [-0.15, -0.1) is 0 Å². The van der Waals surface area contributed by atoms with E-state index in [2.05, 4.69) is 39.2 Å². The molecule has 0 N–H and O–H groups in total. The van der Waals surface area contributed by atoms with E-state index in [-0.39, 0.29) is 0 Å². The Kier molecular flexibility index (Phi) is 2.54. The molecule has 0 saturated carbocycles. The summed E-state index contributed by atoms with van der Waals surface area (Å²) < 4.78 is 0.886. The summed E-state index contributed by atoms with van der Waals surface area (Å²) >= 11 is 3.33. The molecule has 0 atom stereocenters. The van der Waals surface area contributed by atoms with Crippen LogP contribution in [-0.4, -0.2) is 11.7 Å². The zero-order valence-corrected chi connectivity index (χ0v) is 7.50. The second-order valence-corrected chi connectivity index (χ2v) is 2.74. The van der Waals surface area contributed by atoms with Crippen molar-refractivity contribution < 1.29 is 0 Å². The fourth-order valence-electron chi connectivity index (χ4n) is 0.751. The average Bonchev–Trinajstić information content (AvgIpc) is 2.04. The van der Waals surface area contributed by atoms with Crippen LogP contribution in [0.2, 0.25) is 0 Å². The van der Waals surface area contributed by atoms with Gasteiger partial charge < -0.3 is 0 Å². The van der Waals surface area contributed by atoms with Crippen molar-refractivity contribution in [2.24, 2.45) is 4.99 Å². The molecule has 1 aromatic rings. The maximum atomic E-state index is 4.05. The molecule has 0 aliphatic rings. The van der Waals surface area contributed by atoms with E-state index >= 15 is 0 Å². The van der Waals surface area contributed by atoms with Crippen LogP contribution in [0.3, 0.4) is 0 Å². The second kappa shape index (κ2) is 3.44. The molecule has 3 heteroatoms. The summed E-state index contributed by atoms with van der Waals surface area (Å²) in [7, 11) is 0. The van der Waals surface area contributed by atoms with Crippen molar-refractivity contribution in [3.8, 4) is 0 Å². The van der Waals surface area contributed by atoms with E-state index in [0.29, 0.717) is 0 Å². The normalized spacial score (nSPS) is 9.18. The standard InChI is InChI=1S/C8H7BrN2/c1-3-7-8(10-2)6(9)4-5-11-7/h3-5H,1-2H2. The molecule has 1 heterocycles. The van der Waals surface area contributed by atoms with Crippen LogP contribution in [0.25, 0.3) is 6.08 Å². The minimum absolute atomic E-state index is 0.738. The molecular formula is C8H7BrN2. The average molecular weight is 211 g/mol. The quantitative estimate of drug-likeness (QED) is 0.690. The lowest BCUT2D eigenvalue weighted by Crippen LogP contribution is -1.80. The Hall–Kier alpha value is -0.960. The lowest BCUT2D eigenvalue weighted by molar-refractivity contribution is 1.27. The maximum Gasteiger partial charge on any atom is 0.102 e. The van der Waals surface area contributed by atoms with Gasteiger partial charge in [0, 0.05) is 10.7 Å². The third-order valence-corrected chi connectivity index (χ3v) is 1.89. The molecule has 0 spiro atoms. The van der Waals surface area contributed by atoms with Crippen LogP contribution in [-0.2, 0) is 0 Å². The fraction of sp³-hybridized carbons (Fsp3) is 0. The van der Waals surface area contributed by atoms with Crippen LogP contribution in [0.5, 0.6) is 0 Å². The van der Waals surface area contributed by atoms with Gasteiger partial charge in [0.05, 0.1) is 5.69 Å². The summed E-state index contributed by atoms with van der Waals surface area (Å²) in [4.78, 5) is 7.86. The number of rotatable bonds is 2. The molecule has 0 fully saturated rings. The topological polar surface area (TPSA) is 25.2 Å². The molecule has 11 heavy (non-hydrogen) atoms. The van der Waals surface area contributed by atoms with Crippen molar-refractivity contribution in [2.45, 2.75) is 0 Å². The van der Waals surface area contributed by atoms with Crippen molar-refractivity contribution in [3.05, 3.63) is 29.0 Å². The van der Waals surface area contributed by atoms with E-state index in [0.717, 1.165) is 15.9 Å². The molecule has 2 nitrogen and oxygen atoms in total. The van der Waals surface area contributed by atoms with Gasteiger partial charge in [0.25, 0.3) is 0 Å². The van der Waals surface area contributed by atoms with Crippen molar-refractivity contribution in [3.63, 3.8) is 0 Å². The van der Waals surface area contributed by atoms with Gasteiger partial charge in [-0.05, 0) is 34.8 Å². The molecule has 0 aromatic carbocycles. The number of halogens is 1. The lowest BCUT2D eigenvalue weighted by atomic mass is 10.3. The predicted molar refractivity (Wildman–Crippen MR) is 51.2 cm³/mol. The first-order valence-corrected chi connectivity index (χ1v) is 3.82. The summed E-state index contributed by atoms with van der Waals surface area (Å²) in [6, 6.07) is 1.82. The zero-order chi connectivity index (χ0) is 8.27. The highest BCUT2D eigenvalue weighted by molar-refractivity contribution is 9.10. The Morgan fingerprint density at radius 1 is 1.64 bits per heavy atom. The van der Waals surface area contributed by atoms with Crippen LogP contribution in [0, 0.1) is 0 Å². The smallest absolute Gasteiger partial charge is 0.102 e. The van der Waals surface area contributed by atoms with Gasteiger partial charge in [-0.25, -0.2) is 0 Å². The Labute approximate surface area is 73.8 Å². The number of pyridine rings is 1. The molecule has 56 valence electrons. The van der Waals surface area contributed by atoms with E-state index in [9.17, 15) is 0 Å². The van der Waals surface area contributed by atoms with Gasteiger partial charge in [0.15, 0.2) is 0 Å². The first kappa shape index (κ1) is 8.14. The second-order valence-electron chi connectivity index (χ2n) is 1.89. The van der Waals surface area contributed by atoms with E-state index in [4.69, 9.17) is 0 Å². The molecule has 1 rings (SSSR count). The lowest BCUT2D eigenvalue weighted by Gasteiger charge is -1.99.